The summed E-state index contributed by atoms with van der Waals surface area (Å²) in [6.45, 7) is 8.78. The summed E-state index contributed by atoms with van der Waals surface area (Å²) in [5.41, 5.74) is 12.5. The van der Waals surface area contributed by atoms with Crippen LogP contribution in [0.1, 0.15) is 130 Å². The van der Waals surface area contributed by atoms with Crippen molar-refractivity contribution in [3.05, 3.63) is 86.5 Å². The zero-order valence-electron chi connectivity index (χ0n) is 29.9. The number of aromatic nitrogens is 4. The molecule has 0 fully saturated rings. The predicted molar refractivity (Wildman–Crippen MR) is 206 cm³/mol. The Morgan fingerprint density at radius 2 is 1.08 bits per heavy atom. The van der Waals surface area contributed by atoms with E-state index in [4.69, 9.17) is 9.97 Å². The molecule has 0 unspecified atom stereocenters. The lowest BCUT2D eigenvalue weighted by molar-refractivity contribution is -0.140. The molecule has 8 nitrogen and oxygen atoms in total. The summed E-state index contributed by atoms with van der Waals surface area (Å²) < 4.78 is 0. The molecule has 4 N–H and O–H groups in total. The van der Waals surface area contributed by atoms with Crippen LogP contribution in [-0.4, -0.2) is 42.1 Å². The minimum atomic E-state index is -1.48. The summed E-state index contributed by atoms with van der Waals surface area (Å²) >= 11 is 0. The number of hydrogen-bond acceptors (Lipinski definition) is 4. The van der Waals surface area contributed by atoms with Crippen LogP contribution in [0.4, 0.5) is 0 Å². The maximum atomic E-state index is 11.6. The van der Waals surface area contributed by atoms with E-state index < -0.39 is 17.5 Å². The summed E-state index contributed by atoms with van der Waals surface area (Å²) in [7, 11) is 0. The van der Waals surface area contributed by atoms with Crippen molar-refractivity contribution in [2.75, 3.05) is 0 Å². The highest BCUT2D eigenvalue weighted by Crippen LogP contribution is 2.31. The van der Waals surface area contributed by atoms with E-state index in [1.807, 2.05) is 0 Å². The van der Waals surface area contributed by atoms with Crippen LogP contribution in [-0.2, 0) is 35.3 Å². The molecule has 0 saturated heterocycles. The number of rotatable bonds is 16. The van der Waals surface area contributed by atoms with Gasteiger partial charge in [-0.1, -0.05) is 65.5 Å². The first kappa shape index (κ1) is 36.3. The fraction of sp³-hybridized carbons (Fsp3) is 0.381. The number of hydrogen-bond donors (Lipinski definition) is 4. The number of nitrogens with zero attached hydrogens (tertiary/aromatic N) is 2. The van der Waals surface area contributed by atoms with Gasteiger partial charge in [0.1, 0.15) is 5.57 Å². The quantitative estimate of drug-likeness (QED) is 0.0356. The Kier molecular flexibility index (Phi) is 12.4. The molecule has 3 aromatic heterocycles. The molecule has 3 aromatic rings. The van der Waals surface area contributed by atoms with E-state index in [-0.39, 0.29) is 0 Å². The van der Waals surface area contributed by atoms with Gasteiger partial charge in [-0.25, -0.2) is 19.6 Å². The zero-order chi connectivity index (χ0) is 35.6. The monoisotopic (exact) mass is 674 g/mol. The highest BCUT2D eigenvalue weighted by molar-refractivity contribution is 6.12. The van der Waals surface area contributed by atoms with E-state index in [1.54, 1.807) is 6.08 Å². The predicted octanol–water partition coefficient (Wildman–Crippen LogP) is 10.1. The average Bonchev–Trinajstić information content (AvgIpc) is 3.92. The fourth-order valence-corrected chi connectivity index (χ4v) is 6.64. The molecule has 5 heterocycles. The van der Waals surface area contributed by atoms with Gasteiger partial charge in [-0.15, -0.1) is 0 Å². The minimum absolute atomic E-state index is 0.690. The van der Waals surface area contributed by atoms with Gasteiger partial charge >= 0.3 is 11.9 Å². The van der Waals surface area contributed by atoms with Crippen LogP contribution in [0.25, 0.3) is 52.4 Å². The van der Waals surface area contributed by atoms with Crippen molar-refractivity contribution >= 4 is 64.4 Å². The molecule has 0 aliphatic carbocycles. The number of allylic oxidation sites excluding steroid dienone is 2. The molecule has 0 aromatic carbocycles. The third-order valence-electron chi connectivity index (χ3n) is 9.45. The maximum absolute atomic E-state index is 11.6. The average molecular weight is 675 g/mol. The van der Waals surface area contributed by atoms with Crippen LogP contribution in [0.2, 0.25) is 0 Å². The number of nitrogens with one attached hydrogen (secondary N) is 2. The molecular weight excluding hydrogens is 624 g/mol. The number of carboxylic acid groups (broad SMARTS) is 2. The highest BCUT2D eigenvalue weighted by atomic mass is 16.4. The molecule has 2 aliphatic rings. The number of aliphatic carboxylic acids is 2. The van der Waals surface area contributed by atoms with Gasteiger partial charge in [0.2, 0.25) is 0 Å². The summed E-state index contributed by atoms with van der Waals surface area (Å²) in [5.74, 6) is -2.96. The number of aryl methyl sites for hydroxylation is 3. The second-order valence-corrected chi connectivity index (χ2v) is 13.1. The van der Waals surface area contributed by atoms with Crippen LogP contribution < -0.4 is 0 Å². The first-order valence-electron chi connectivity index (χ1n) is 18.3. The number of carbonyl (C=O) groups is 2. The van der Waals surface area contributed by atoms with E-state index >= 15 is 0 Å². The lowest BCUT2D eigenvalue weighted by Gasteiger charge is -2.06. The van der Waals surface area contributed by atoms with Gasteiger partial charge in [0.15, 0.2) is 0 Å². The van der Waals surface area contributed by atoms with Gasteiger partial charge in [0.25, 0.3) is 0 Å². The number of H-pyrrole nitrogens is 2. The van der Waals surface area contributed by atoms with Gasteiger partial charge in [-0.2, -0.15) is 0 Å². The Balaban J connectivity index is 1.94. The molecule has 262 valence electrons. The molecule has 0 amide bonds. The molecule has 0 radical (unpaired) electrons. The number of aromatic amines is 2. The molecule has 2 aliphatic heterocycles. The molecular formula is C42H50N4O4. The van der Waals surface area contributed by atoms with Crippen molar-refractivity contribution in [1.82, 2.24) is 19.9 Å². The number of fused-ring (bicyclic) bond motifs is 8. The molecule has 5 rings (SSSR count). The van der Waals surface area contributed by atoms with E-state index in [9.17, 15) is 19.8 Å². The van der Waals surface area contributed by atoms with E-state index in [1.165, 1.54) is 11.6 Å². The van der Waals surface area contributed by atoms with Crippen LogP contribution in [0.3, 0.4) is 0 Å². The van der Waals surface area contributed by atoms with Crippen molar-refractivity contribution in [1.29, 1.82) is 0 Å². The second-order valence-electron chi connectivity index (χ2n) is 13.1. The second kappa shape index (κ2) is 17.1. The lowest BCUT2D eigenvalue weighted by atomic mass is 10.0. The Hall–Kier alpha value is -4.98. The van der Waals surface area contributed by atoms with Crippen molar-refractivity contribution < 1.29 is 19.8 Å². The number of unbranched alkanes of at least 4 members (excludes halogenated alkanes) is 4. The van der Waals surface area contributed by atoms with Gasteiger partial charge < -0.3 is 20.2 Å². The summed E-state index contributed by atoms with van der Waals surface area (Å²) in [5, 5.41) is 18.9. The zero-order valence-corrected chi connectivity index (χ0v) is 29.9. The van der Waals surface area contributed by atoms with Gasteiger partial charge in [-0.3, -0.25) is 0 Å². The first-order valence-corrected chi connectivity index (χ1v) is 18.3. The van der Waals surface area contributed by atoms with Crippen molar-refractivity contribution in [3.63, 3.8) is 0 Å². The lowest BCUT2D eigenvalue weighted by Crippen LogP contribution is -2.10. The topological polar surface area (TPSA) is 132 Å². The van der Waals surface area contributed by atoms with Gasteiger partial charge in [-0.05, 0) is 106 Å². The highest BCUT2D eigenvalue weighted by Gasteiger charge is 2.18. The van der Waals surface area contributed by atoms with E-state index in [2.05, 4.69) is 80.2 Å². The standard InChI is InChI=1S/C42H50N4O4/c1-5-9-15-28-33-20-21-34(43-33)29(16-10-6-2)36-24-25-38(45-36)31(18-12-8-4)40-27(14-13-19-32(41(47)48)42(49)50)26-39(46-40)30(17-11-7-3)37-23-22-35(28)44-37/h13-14,19-26,44,46H,5-12,15-18H2,1-4H3,(H,47,48)(H,49,50)/b14-13+,33-28?,34-29?,35-28?,36-29?,37-30?,38-31?,39-30?,40-31?. The normalized spacial score (nSPS) is 12.2. The van der Waals surface area contributed by atoms with Crippen molar-refractivity contribution in [3.8, 4) is 0 Å². The molecule has 50 heavy (non-hydrogen) atoms. The van der Waals surface area contributed by atoms with Crippen molar-refractivity contribution in [2.24, 2.45) is 0 Å². The summed E-state index contributed by atoms with van der Waals surface area (Å²) in [4.78, 5) is 41.3. The van der Waals surface area contributed by atoms with Crippen LogP contribution >= 0.6 is 0 Å². The van der Waals surface area contributed by atoms with Crippen molar-refractivity contribution in [2.45, 2.75) is 105 Å². The van der Waals surface area contributed by atoms with E-state index in [0.29, 0.717) is 0 Å². The minimum Gasteiger partial charge on any atom is -0.477 e. The van der Waals surface area contributed by atoms with Crippen LogP contribution in [0.15, 0.2) is 35.9 Å². The molecule has 0 atom stereocenters. The summed E-state index contributed by atoms with van der Waals surface area (Å²) in [6, 6.07) is 6.45. The third-order valence-corrected chi connectivity index (χ3v) is 9.45. The Morgan fingerprint density at radius 1 is 0.620 bits per heavy atom. The number of carboxylic acids is 2. The maximum Gasteiger partial charge on any atom is 0.343 e. The Labute approximate surface area is 294 Å². The molecule has 0 saturated carbocycles. The molecule has 0 spiro atoms. The fourth-order valence-electron chi connectivity index (χ4n) is 6.64. The Bertz CT molecular complexity index is 2010. The van der Waals surface area contributed by atoms with Crippen LogP contribution in [0.5, 0.6) is 0 Å². The first-order chi connectivity index (χ1) is 24.3. The smallest absolute Gasteiger partial charge is 0.343 e. The van der Waals surface area contributed by atoms with Gasteiger partial charge in [0, 0.05) is 38.8 Å². The largest absolute Gasteiger partial charge is 0.477 e. The summed E-state index contributed by atoms with van der Waals surface area (Å²) in [6.07, 6.45) is 24.7. The molecule has 8 bridgehead atoms. The van der Waals surface area contributed by atoms with E-state index in [0.717, 1.165) is 150 Å². The van der Waals surface area contributed by atoms with Crippen LogP contribution in [0, 0.1) is 0 Å². The Morgan fingerprint density at radius 3 is 1.62 bits per heavy atom. The van der Waals surface area contributed by atoms with Gasteiger partial charge in [0.05, 0.1) is 28.3 Å². The SMILES string of the molecule is CCCCc1c2nc(c(CCCC)c3ccc([nH]3)c(CCCC)c3cc(/C=C/C=C(C(=O)O)C(=O)O)c([nH]3)c(CCCC)c3nc1C=C3)C=C2. The third kappa shape index (κ3) is 8.24. The molecule has 8 heteroatoms.